The molecule has 102 valence electrons. The number of nitrogens with one attached hydrogen (secondary N) is 1. The van der Waals surface area contributed by atoms with E-state index in [0.29, 0.717) is 0 Å². The fourth-order valence-electron chi connectivity index (χ4n) is 2.32. The first-order chi connectivity index (χ1) is 9.35. The van der Waals surface area contributed by atoms with Crippen LogP contribution in [0.1, 0.15) is 22.5 Å². The van der Waals surface area contributed by atoms with E-state index in [4.69, 9.17) is 0 Å². The minimum atomic E-state index is 0.903. The molecule has 0 atom stereocenters. The largest absolute Gasteiger partial charge is 0.315 e. The summed E-state index contributed by atoms with van der Waals surface area (Å²) in [5.41, 5.74) is 0. The highest BCUT2D eigenvalue weighted by Crippen LogP contribution is 2.20. The van der Waals surface area contributed by atoms with E-state index in [1.807, 2.05) is 17.7 Å². The van der Waals surface area contributed by atoms with Gasteiger partial charge in [-0.3, -0.25) is 4.90 Å². The Kier molecular flexibility index (Phi) is 3.91. The molecule has 0 saturated heterocycles. The number of hydrogen-bond donors (Lipinski definition) is 1. The van der Waals surface area contributed by atoms with E-state index in [9.17, 15) is 0 Å². The Labute approximate surface area is 117 Å². The van der Waals surface area contributed by atoms with Crippen LogP contribution in [-0.4, -0.2) is 32.8 Å². The average molecular weight is 277 g/mol. The Morgan fingerprint density at radius 1 is 1.32 bits per heavy atom. The third kappa shape index (κ3) is 3.02. The third-order valence-electron chi connectivity index (χ3n) is 3.36. The lowest BCUT2D eigenvalue weighted by atomic mass is 10.3. The summed E-state index contributed by atoms with van der Waals surface area (Å²) >= 11 is 1.90. The zero-order valence-electron chi connectivity index (χ0n) is 11.2. The minimum absolute atomic E-state index is 0.903. The van der Waals surface area contributed by atoms with Crippen molar-refractivity contribution in [1.29, 1.82) is 0 Å². The maximum atomic E-state index is 4.16. The molecular weight excluding hydrogens is 258 g/mol. The van der Waals surface area contributed by atoms with Gasteiger partial charge < -0.3 is 9.88 Å². The SMILES string of the molecule is CCNCc1ccc(CN2CCn3cnnc3C2)s1. The monoisotopic (exact) mass is 277 g/mol. The molecule has 0 spiro atoms. The molecule has 2 aromatic heterocycles. The molecule has 6 heteroatoms. The predicted molar refractivity (Wildman–Crippen MR) is 75.8 cm³/mol. The summed E-state index contributed by atoms with van der Waals surface area (Å²) in [5, 5.41) is 11.5. The molecular formula is C13H19N5S. The van der Waals surface area contributed by atoms with Crippen LogP contribution < -0.4 is 5.32 Å². The highest BCUT2D eigenvalue weighted by molar-refractivity contribution is 7.11. The van der Waals surface area contributed by atoms with Gasteiger partial charge in [0, 0.05) is 35.9 Å². The van der Waals surface area contributed by atoms with Gasteiger partial charge in [-0.2, -0.15) is 0 Å². The topological polar surface area (TPSA) is 46.0 Å². The third-order valence-corrected chi connectivity index (χ3v) is 4.43. The second-order valence-electron chi connectivity index (χ2n) is 4.80. The van der Waals surface area contributed by atoms with Gasteiger partial charge in [0.25, 0.3) is 0 Å². The summed E-state index contributed by atoms with van der Waals surface area (Å²) in [4.78, 5) is 5.28. The molecule has 0 bridgehead atoms. The van der Waals surface area contributed by atoms with E-state index in [0.717, 1.165) is 45.1 Å². The number of nitrogens with zero attached hydrogens (tertiary/aromatic N) is 4. The predicted octanol–water partition coefficient (Wildman–Crippen LogP) is 1.46. The number of fused-ring (bicyclic) bond motifs is 1. The van der Waals surface area contributed by atoms with Gasteiger partial charge in [0.1, 0.15) is 12.2 Å². The van der Waals surface area contributed by atoms with E-state index in [2.05, 4.69) is 44.0 Å². The summed E-state index contributed by atoms with van der Waals surface area (Å²) in [6.45, 7) is 8.14. The van der Waals surface area contributed by atoms with Crippen LogP contribution >= 0.6 is 11.3 Å². The van der Waals surface area contributed by atoms with Crippen LogP contribution in [0.3, 0.4) is 0 Å². The molecule has 0 saturated carbocycles. The smallest absolute Gasteiger partial charge is 0.147 e. The van der Waals surface area contributed by atoms with Crippen molar-refractivity contribution in [2.24, 2.45) is 0 Å². The highest BCUT2D eigenvalue weighted by Gasteiger charge is 2.17. The lowest BCUT2D eigenvalue weighted by molar-refractivity contribution is 0.210. The van der Waals surface area contributed by atoms with Crippen molar-refractivity contribution < 1.29 is 0 Å². The Balaban J connectivity index is 1.58. The summed E-state index contributed by atoms with van der Waals surface area (Å²) in [6.07, 6.45) is 1.83. The van der Waals surface area contributed by atoms with Crippen LogP contribution in [0.5, 0.6) is 0 Å². The molecule has 0 radical (unpaired) electrons. The highest BCUT2D eigenvalue weighted by atomic mass is 32.1. The van der Waals surface area contributed by atoms with Gasteiger partial charge in [-0.1, -0.05) is 6.92 Å². The van der Waals surface area contributed by atoms with Crippen LogP contribution in [0.4, 0.5) is 0 Å². The van der Waals surface area contributed by atoms with E-state index < -0.39 is 0 Å². The van der Waals surface area contributed by atoms with Crippen molar-refractivity contribution in [2.45, 2.75) is 33.1 Å². The van der Waals surface area contributed by atoms with Gasteiger partial charge in [0.15, 0.2) is 0 Å². The zero-order chi connectivity index (χ0) is 13.1. The number of aromatic nitrogens is 3. The molecule has 19 heavy (non-hydrogen) atoms. The summed E-state index contributed by atoms with van der Waals surface area (Å²) in [6, 6.07) is 4.48. The van der Waals surface area contributed by atoms with Gasteiger partial charge in [-0.05, 0) is 18.7 Å². The second kappa shape index (κ2) is 5.81. The van der Waals surface area contributed by atoms with Crippen molar-refractivity contribution in [3.05, 3.63) is 34.0 Å². The molecule has 0 fully saturated rings. The molecule has 0 unspecified atom stereocenters. The molecule has 3 heterocycles. The lowest BCUT2D eigenvalue weighted by Crippen LogP contribution is -2.32. The van der Waals surface area contributed by atoms with E-state index in [1.54, 1.807) is 0 Å². The van der Waals surface area contributed by atoms with Crippen molar-refractivity contribution in [3.8, 4) is 0 Å². The second-order valence-corrected chi connectivity index (χ2v) is 6.05. The Morgan fingerprint density at radius 3 is 3.11 bits per heavy atom. The minimum Gasteiger partial charge on any atom is -0.315 e. The molecule has 1 N–H and O–H groups in total. The summed E-state index contributed by atoms with van der Waals surface area (Å²) < 4.78 is 2.14. The van der Waals surface area contributed by atoms with Crippen molar-refractivity contribution in [1.82, 2.24) is 25.0 Å². The molecule has 1 aliphatic heterocycles. The molecule has 0 aliphatic carbocycles. The maximum absolute atomic E-state index is 4.16. The standard InChI is InChI=1S/C13H19N5S/c1-2-14-7-11-3-4-12(19-11)8-17-5-6-18-10-15-16-13(18)9-17/h3-4,10,14H,2,5-9H2,1H3. The number of thiophene rings is 1. The zero-order valence-corrected chi connectivity index (χ0v) is 12.0. The van der Waals surface area contributed by atoms with Crippen molar-refractivity contribution in [3.63, 3.8) is 0 Å². The number of rotatable bonds is 5. The fourth-order valence-corrected chi connectivity index (χ4v) is 3.35. The van der Waals surface area contributed by atoms with Gasteiger partial charge >= 0.3 is 0 Å². The first kappa shape index (κ1) is 12.8. The maximum Gasteiger partial charge on any atom is 0.147 e. The molecule has 3 rings (SSSR count). The quantitative estimate of drug-likeness (QED) is 0.899. The van der Waals surface area contributed by atoms with Crippen LogP contribution in [-0.2, 0) is 26.2 Å². The summed E-state index contributed by atoms with van der Waals surface area (Å²) in [5.74, 6) is 1.08. The molecule has 2 aromatic rings. The van der Waals surface area contributed by atoms with Crippen LogP contribution in [0.15, 0.2) is 18.5 Å². The first-order valence-electron chi connectivity index (χ1n) is 6.72. The Morgan fingerprint density at radius 2 is 2.21 bits per heavy atom. The van der Waals surface area contributed by atoms with Crippen molar-refractivity contribution >= 4 is 11.3 Å². The van der Waals surface area contributed by atoms with Crippen LogP contribution in [0.25, 0.3) is 0 Å². The first-order valence-corrected chi connectivity index (χ1v) is 7.54. The molecule has 1 aliphatic rings. The molecule has 0 amide bonds. The van der Waals surface area contributed by atoms with E-state index in [1.165, 1.54) is 9.75 Å². The average Bonchev–Trinajstić information content (AvgIpc) is 3.05. The fraction of sp³-hybridized carbons (Fsp3) is 0.538. The Bertz CT molecular complexity index is 533. The van der Waals surface area contributed by atoms with Crippen LogP contribution in [0, 0.1) is 0 Å². The summed E-state index contributed by atoms with van der Waals surface area (Å²) in [7, 11) is 0. The van der Waals surface area contributed by atoms with Crippen molar-refractivity contribution in [2.75, 3.05) is 13.1 Å². The normalized spacial score (nSPS) is 15.6. The number of hydrogen-bond acceptors (Lipinski definition) is 5. The van der Waals surface area contributed by atoms with Gasteiger partial charge in [0.05, 0.1) is 6.54 Å². The van der Waals surface area contributed by atoms with Gasteiger partial charge in [-0.15, -0.1) is 21.5 Å². The molecule has 0 aromatic carbocycles. The van der Waals surface area contributed by atoms with E-state index >= 15 is 0 Å². The Hall–Kier alpha value is -1.24. The van der Waals surface area contributed by atoms with Gasteiger partial charge in [0.2, 0.25) is 0 Å². The van der Waals surface area contributed by atoms with Crippen LogP contribution in [0.2, 0.25) is 0 Å². The molecule has 5 nitrogen and oxygen atoms in total. The van der Waals surface area contributed by atoms with Gasteiger partial charge in [-0.25, -0.2) is 0 Å². The van der Waals surface area contributed by atoms with E-state index in [-0.39, 0.29) is 0 Å². The lowest BCUT2D eigenvalue weighted by Gasteiger charge is -2.26.